The molecule has 0 saturated carbocycles. The van der Waals surface area contributed by atoms with Gasteiger partial charge in [-0.3, -0.25) is 0 Å². The zero-order chi connectivity index (χ0) is 38.9. The van der Waals surface area contributed by atoms with Gasteiger partial charge in [0.05, 0.1) is 22.4 Å². The van der Waals surface area contributed by atoms with Crippen LogP contribution in [0.1, 0.15) is 17.7 Å². The summed E-state index contributed by atoms with van der Waals surface area (Å²) in [7, 11) is 0. The highest BCUT2D eigenvalue weighted by Gasteiger charge is 2.25. The van der Waals surface area contributed by atoms with Crippen molar-refractivity contribution in [1.82, 2.24) is 4.57 Å². The van der Waals surface area contributed by atoms with Crippen molar-refractivity contribution >= 4 is 77.5 Å². The third kappa shape index (κ3) is 5.36. The van der Waals surface area contributed by atoms with Gasteiger partial charge in [0.1, 0.15) is 5.76 Å². The second-order valence-corrected chi connectivity index (χ2v) is 15.5. The van der Waals surface area contributed by atoms with E-state index in [1.165, 1.54) is 60.0 Å². The van der Waals surface area contributed by atoms with E-state index in [-0.39, 0.29) is 0 Å². The number of aryl methyl sites for hydroxylation is 1. The molecule has 11 aromatic rings. The molecular weight excluding hydrogens is 717 g/mol. The van der Waals surface area contributed by atoms with Gasteiger partial charge in [-0.05, 0) is 93.2 Å². The molecule has 278 valence electrons. The number of hydrogen-bond donors (Lipinski definition) is 0. The first kappa shape index (κ1) is 33.5. The van der Waals surface area contributed by atoms with Gasteiger partial charge in [0, 0.05) is 45.1 Å². The number of allylic oxidation sites excluding steroid dienone is 1. The molecule has 0 spiro atoms. The number of anilines is 3. The van der Waals surface area contributed by atoms with Crippen molar-refractivity contribution in [3.63, 3.8) is 0 Å². The Kier molecular flexibility index (Phi) is 7.67. The predicted octanol–water partition coefficient (Wildman–Crippen LogP) is 15.6. The first-order valence-corrected chi connectivity index (χ1v) is 20.5. The standard InChI is InChI=1S/C56H38N2O/c1-3-21-42-37(16-1)18-14-27-43(42)39-19-13-20-40(34-39)57(54-32-15-28-49-48-26-8-12-33-55(48)59-56(49)54)53-31-11-7-25-47(53)50-36-41(35-38-17-2-4-22-44(38)50)58-51-29-9-5-23-45(51)46-24-6-10-30-52(46)58/h1-11,13-32,34-36H,12,33H2. The molecule has 3 heteroatoms. The molecule has 59 heavy (non-hydrogen) atoms. The predicted molar refractivity (Wildman–Crippen MR) is 248 cm³/mol. The maximum Gasteiger partial charge on any atom is 0.158 e. The lowest BCUT2D eigenvalue weighted by Gasteiger charge is -2.29. The number of hydrogen-bond acceptors (Lipinski definition) is 2. The summed E-state index contributed by atoms with van der Waals surface area (Å²) in [6.07, 6.45) is 6.38. The number of para-hydroxylation sites is 4. The van der Waals surface area contributed by atoms with E-state index < -0.39 is 0 Å². The van der Waals surface area contributed by atoms with Crippen LogP contribution in [0.4, 0.5) is 17.1 Å². The summed E-state index contributed by atoms with van der Waals surface area (Å²) in [5.41, 5.74) is 13.4. The number of rotatable bonds is 6. The van der Waals surface area contributed by atoms with Gasteiger partial charge in [-0.15, -0.1) is 0 Å². The monoisotopic (exact) mass is 754 g/mol. The number of benzene rings is 9. The van der Waals surface area contributed by atoms with Crippen LogP contribution in [0, 0.1) is 0 Å². The Morgan fingerprint density at radius 3 is 1.90 bits per heavy atom. The van der Waals surface area contributed by atoms with E-state index in [0.717, 1.165) is 63.4 Å². The average molecular weight is 755 g/mol. The van der Waals surface area contributed by atoms with Crippen LogP contribution in [-0.2, 0) is 6.42 Å². The molecule has 3 nitrogen and oxygen atoms in total. The fourth-order valence-corrected chi connectivity index (χ4v) is 9.57. The molecule has 0 fully saturated rings. The molecular formula is C56H38N2O. The number of fused-ring (bicyclic) bond motifs is 8. The molecule has 9 aromatic carbocycles. The second-order valence-electron chi connectivity index (χ2n) is 15.5. The largest absolute Gasteiger partial charge is 0.458 e. The molecule has 0 radical (unpaired) electrons. The highest BCUT2D eigenvalue weighted by atomic mass is 16.3. The van der Waals surface area contributed by atoms with Gasteiger partial charge in [-0.2, -0.15) is 0 Å². The van der Waals surface area contributed by atoms with Crippen molar-refractivity contribution < 1.29 is 4.42 Å². The molecule has 0 saturated heterocycles. The van der Waals surface area contributed by atoms with Crippen LogP contribution in [0.3, 0.4) is 0 Å². The molecule has 0 N–H and O–H groups in total. The smallest absolute Gasteiger partial charge is 0.158 e. The van der Waals surface area contributed by atoms with E-state index in [9.17, 15) is 0 Å². The van der Waals surface area contributed by atoms with Gasteiger partial charge >= 0.3 is 0 Å². The summed E-state index contributed by atoms with van der Waals surface area (Å²) in [6.45, 7) is 0. The minimum atomic E-state index is 0.897. The Labute approximate surface area is 342 Å². The van der Waals surface area contributed by atoms with Crippen LogP contribution in [-0.4, -0.2) is 4.57 Å². The quantitative estimate of drug-likeness (QED) is 0.169. The number of aromatic nitrogens is 1. The molecule has 0 atom stereocenters. The van der Waals surface area contributed by atoms with Gasteiger partial charge in [0.2, 0.25) is 0 Å². The topological polar surface area (TPSA) is 21.3 Å². The SMILES string of the molecule is C1=Cc2c(oc3c(N(c4cccc(-c5cccc6ccccc56)c4)c4ccccc4-c4cc(-n5c6ccccc6c6ccccc65)cc5ccccc45)cccc23)CC1. The molecule has 0 bridgehead atoms. The van der Waals surface area contributed by atoms with Crippen LogP contribution in [0.15, 0.2) is 205 Å². The van der Waals surface area contributed by atoms with Crippen molar-refractivity contribution in [3.05, 3.63) is 212 Å². The van der Waals surface area contributed by atoms with E-state index in [1.807, 2.05) is 0 Å². The van der Waals surface area contributed by atoms with Crippen LogP contribution in [0.2, 0.25) is 0 Å². The maximum atomic E-state index is 6.89. The van der Waals surface area contributed by atoms with Crippen molar-refractivity contribution in [1.29, 1.82) is 0 Å². The summed E-state index contributed by atoms with van der Waals surface area (Å²) < 4.78 is 9.31. The van der Waals surface area contributed by atoms with Gasteiger partial charge in [-0.25, -0.2) is 0 Å². The fraction of sp³-hybridized carbons (Fsp3) is 0.0357. The summed E-state index contributed by atoms with van der Waals surface area (Å²) >= 11 is 0. The van der Waals surface area contributed by atoms with E-state index in [1.54, 1.807) is 0 Å². The van der Waals surface area contributed by atoms with Gasteiger partial charge in [-0.1, -0.05) is 158 Å². The molecule has 2 aromatic heterocycles. The zero-order valence-electron chi connectivity index (χ0n) is 32.3. The number of nitrogens with zero attached hydrogens (tertiary/aromatic N) is 2. The second kappa shape index (κ2) is 13.5. The van der Waals surface area contributed by atoms with Crippen molar-refractivity contribution in [2.24, 2.45) is 0 Å². The highest BCUT2D eigenvalue weighted by Crippen LogP contribution is 2.48. The Bertz CT molecular complexity index is 3410. The van der Waals surface area contributed by atoms with Crippen LogP contribution in [0.5, 0.6) is 0 Å². The van der Waals surface area contributed by atoms with Crippen molar-refractivity contribution in [2.45, 2.75) is 12.8 Å². The molecule has 2 heterocycles. The van der Waals surface area contributed by atoms with Crippen LogP contribution < -0.4 is 4.90 Å². The van der Waals surface area contributed by atoms with Crippen molar-refractivity contribution in [3.8, 4) is 27.9 Å². The molecule has 12 rings (SSSR count). The first-order valence-electron chi connectivity index (χ1n) is 20.5. The Morgan fingerprint density at radius 1 is 0.458 bits per heavy atom. The van der Waals surface area contributed by atoms with Gasteiger partial charge < -0.3 is 13.9 Å². The molecule has 0 amide bonds. The minimum absolute atomic E-state index is 0.897. The lowest BCUT2D eigenvalue weighted by Crippen LogP contribution is -2.12. The number of furan rings is 1. The average Bonchev–Trinajstić information content (AvgIpc) is 3.85. The van der Waals surface area contributed by atoms with Gasteiger partial charge in [0.15, 0.2) is 5.58 Å². The van der Waals surface area contributed by atoms with Crippen molar-refractivity contribution in [2.75, 3.05) is 4.90 Å². The van der Waals surface area contributed by atoms with E-state index in [2.05, 4.69) is 216 Å². The lowest BCUT2D eigenvalue weighted by molar-refractivity contribution is 0.546. The first-order chi connectivity index (χ1) is 29.3. The Morgan fingerprint density at radius 2 is 1.07 bits per heavy atom. The van der Waals surface area contributed by atoms with E-state index in [4.69, 9.17) is 4.42 Å². The normalized spacial score (nSPS) is 12.5. The van der Waals surface area contributed by atoms with Crippen LogP contribution >= 0.6 is 0 Å². The summed E-state index contributed by atoms with van der Waals surface area (Å²) in [6, 6.07) is 70.8. The van der Waals surface area contributed by atoms with E-state index in [0.29, 0.717) is 0 Å². The Balaban J connectivity index is 1.13. The summed E-state index contributed by atoms with van der Waals surface area (Å²) in [5.74, 6) is 1.05. The fourth-order valence-electron chi connectivity index (χ4n) is 9.57. The molecule has 0 unspecified atom stereocenters. The molecule has 1 aliphatic carbocycles. The summed E-state index contributed by atoms with van der Waals surface area (Å²) in [5, 5.41) is 8.49. The van der Waals surface area contributed by atoms with Gasteiger partial charge in [0.25, 0.3) is 0 Å². The Hall–Kier alpha value is -7.62. The third-order valence-corrected chi connectivity index (χ3v) is 12.2. The maximum absolute atomic E-state index is 6.89. The minimum Gasteiger partial charge on any atom is -0.458 e. The lowest BCUT2D eigenvalue weighted by atomic mass is 9.94. The van der Waals surface area contributed by atoms with Crippen LogP contribution in [0.25, 0.3) is 88.3 Å². The molecule has 0 aliphatic heterocycles. The highest BCUT2D eigenvalue weighted by molar-refractivity contribution is 6.11. The van der Waals surface area contributed by atoms with E-state index >= 15 is 0 Å². The molecule has 1 aliphatic rings. The zero-order valence-corrected chi connectivity index (χ0v) is 32.3. The third-order valence-electron chi connectivity index (χ3n) is 12.2. The summed E-state index contributed by atoms with van der Waals surface area (Å²) in [4.78, 5) is 2.42.